The number of fused-ring (bicyclic) bond motifs is 1. The van der Waals surface area contributed by atoms with Crippen molar-refractivity contribution in [2.24, 2.45) is 0 Å². The monoisotopic (exact) mass is 814 g/mol. The van der Waals surface area contributed by atoms with Crippen LogP contribution in [0.4, 0.5) is 44.7 Å². The Morgan fingerprint density at radius 2 is 1.00 bits per heavy atom. The average molecular weight is 815 g/mol. The summed E-state index contributed by atoms with van der Waals surface area (Å²) < 4.78 is 71.7. The van der Waals surface area contributed by atoms with Crippen molar-refractivity contribution in [3.8, 4) is 30.6 Å². The zero-order valence-electron chi connectivity index (χ0n) is 29.7. The van der Waals surface area contributed by atoms with Crippen LogP contribution in [0.3, 0.4) is 0 Å². The minimum Gasteiger partial charge on any atom is -0.498 e. The number of halogens is 5. The van der Waals surface area contributed by atoms with Gasteiger partial charge in [-0.3, -0.25) is 9.59 Å². The molecule has 0 unspecified atom stereocenters. The van der Waals surface area contributed by atoms with Crippen molar-refractivity contribution in [1.82, 2.24) is 0 Å². The molecule has 5 aromatic carbocycles. The predicted octanol–water partition coefficient (Wildman–Crippen LogP) is 11.7. The summed E-state index contributed by atoms with van der Waals surface area (Å²) in [5.74, 6) is -16.3. The van der Waals surface area contributed by atoms with E-state index in [-0.39, 0.29) is 4.90 Å². The molecule has 1 N–H and O–H groups in total. The van der Waals surface area contributed by atoms with Crippen molar-refractivity contribution >= 4 is 73.7 Å². The van der Waals surface area contributed by atoms with Gasteiger partial charge in [0.15, 0.2) is 35.7 Å². The van der Waals surface area contributed by atoms with Gasteiger partial charge in [0.2, 0.25) is 5.82 Å². The Bertz CT molecular complexity index is 2880. The van der Waals surface area contributed by atoms with E-state index in [0.29, 0.717) is 5.56 Å². The van der Waals surface area contributed by atoms with Gasteiger partial charge in [0, 0.05) is 60.2 Å². The molecule has 0 saturated carbocycles. The summed E-state index contributed by atoms with van der Waals surface area (Å²) in [5.41, 5.74) is 2.37. The van der Waals surface area contributed by atoms with E-state index in [9.17, 15) is 36.6 Å². The van der Waals surface area contributed by atoms with Crippen LogP contribution >= 0.6 is 22.7 Å². The fourth-order valence-electron chi connectivity index (χ4n) is 6.94. The van der Waals surface area contributed by atoms with Crippen molar-refractivity contribution in [1.29, 1.82) is 0 Å². The number of carbonyl (C=O) groups is 2. The zero-order chi connectivity index (χ0) is 40.2. The van der Waals surface area contributed by atoms with E-state index in [1.807, 2.05) is 60.7 Å². The van der Waals surface area contributed by atoms with Gasteiger partial charge in [-0.1, -0.05) is 72.8 Å². The largest absolute Gasteiger partial charge is 0.498 e. The highest BCUT2D eigenvalue weighted by atomic mass is 32.1. The van der Waals surface area contributed by atoms with Crippen LogP contribution in [-0.4, -0.2) is 16.9 Å². The normalized spacial score (nSPS) is 12.9. The van der Waals surface area contributed by atoms with Crippen LogP contribution in [0.2, 0.25) is 0 Å². The van der Waals surface area contributed by atoms with Crippen LogP contribution in [0.25, 0.3) is 47.1 Å². The molecular formula is C45H25F5N3O3S2+. The van der Waals surface area contributed by atoms with E-state index in [0.717, 1.165) is 57.5 Å². The molecule has 1 aliphatic heterocycles. The molecule has 6 nitrogen and oxygen atoms in total. The van der Waals surface area contributed by atoms with Crippen LogP contribution in [0.15, 0.2) is 152 Å². The molecule has 0 atom stereocenters. The van der Waals surface area contributed by atoms with Crippen LogP contribution < -0.4 is 14.4 Å². The van der Waals surface area contributed by atoms with Gasteiger partial charge < -0.3 is 10.0 Å². The molecule has 0 saturated heterocycles. The van der Waals surface area contributed by atoms with Crippen LogP contribution in [0.5, 0.6) is 0 Å². The van der Waals surface area contributed by atoms with E-state index in [2.05, 4.69) is 65.6 Å². The molecule has 2 amide bonds. The van der Waals surface area contributed by atoms with Crippen molar-refractivity contribution in [3.05, 3.63) is 181 Å². The number of hydrogen-bond acceptors (Lipinski definition) is 6. The molecule has 4 heterocycles. The smallest absolute Gasteiger partial charge is 0.335 e. The molecule has 1 aliphatic rings. The summed E-state index contributed by atoms with van der Waals surface area (Å²) >= 11 is 3.21. The third-order valence-electron chi connectivity index (χ3n) is 9.68. The first kappa shape index (κ1) is 36.7. The number of thiophene rings is 2. The number of para-hydroxylation sites is 2. The number of carbonyl (C=O) groups excluding carboxylic acids is 2. The van der Waals surface area contributed by atoms with Crippen molar-refractivity contribution in [3.63, 3.8) is 0 Å². The highest BCUT2D eigenvalue weighted by Crippen LogP contribution is 2.47. The number of aliphatic hydroxyl groups excluding tert-OH is 1. The van der Waals surface area contributed by atoms with E-state index in [1.165, 1.54) is 23.7 Å². The van der Waals surface area contributed by atoms with Crippen molar-refractivity contribution in [2.45, 2.75) is 0 Å². The van der Waals surface area contributed by atoms with Gasteiger partial charge in [-0.15, -0.1) is 22.7 Å². The second-order valence-electron chi connectivity index (χ2n) is 13.1. The molecule has 0 fully saturated rings. The maximum Gasteiger partial charge on any atom is 0.335 e. The van der Waals surface area contributed by atoms with Gasteiger partial charge in [0.1, 0.15) is 5.69 Å². The first-order valence-corrected chi connectivity index (χ1v) is 19.2. The van der Waals surface area contributed by atoms with Crippen molar-refractivity contribution in [2.75, 3.05) is 9.80 Å². The highest BCUT2D eigenvalue weighted by molar-refractivity contribution is 7.26. The van der Waals surface area contributed by atoms with E-state index in [1.54, 1.807) is 23.5 Å². The number of aromatic nitrogens is 1. The number of nitrogens with zero attached hydrogens (tertiary/aromatic N) is 3. The number of anilines is 4. The Balaban J connectivity index is 1.00. The lowest BCUT2D eigenvalue weighted by atomic mass is 10.1. The van der Waals surface area contributed by atoms with Gasteiger partial charge >= 0.3 is 17.5 Å². The fraction of sp³-hybridized carbons (Fsp3) is 0. The topological polar surface area (TPSA) is 64.7 Å². The lowest BCUT2D eigenvalue weighted by molar-refractivity contribution is -0.578. The Labute approximate surface area is 334 Å². The second kappa shape index (κ2) is 14.5. The number of hydrogen-bond donors (Lipinski definition) is 1. The molecule has 9 rings (SSSR count). The Morgan fingerprint density at radius 1 is 0.500 bits per heavy atom. The average Bonchev–Trinajstić information content (AvgIpc) is 3.96. The lowest BCUT2D eigenvalue weighted by Gasteiger charge is -2.25. The Kier molecular flexibility index (Phi) is 9.18. The number of benzene rings is 5. The van der Waals surface area contributed by atoms with Crippen LogP contribution in [-0.2, 0) is 9.59 Å². The second-order valence-corrected chi connectivity index (χ2v) is 15.2. The molecule has 0 aliphatic carbocycles. The maximum absolute atomic E-state index is 14.6. The van der Waals surface area contributed by atoms with Gasteiger partial charge in [-0.05, 0) is 54.1 Å². The zero-order valence-corrected chi connectivity index (χ0v) is 31.3. The summed E-state index contributed by atoms with van der Waals surface area (Å²) in [7, 11) is 0. The molecule has 0 spiro atoms. The van der Waals surface area contributed by atoms with Gasteiger partial charge in [-0.25, -0.2) is 26.9 Å². The number of imide groups is 1. The third kappa shape index (κ3) is 6.03. The number of pyridine rings is 1. The quantitative estimate of drug-likeness (QED) is 0.0546. The summed E-state index contributed by atoms with van der Waals surface area (Å²) in [4.78, 5) is 32.0. The minimum atomic E-state index is -2.45. The molecule has 58 heavy (non-hydrogen) atoms. The van der Waals surface area contributed by atoms with Crippen LogP contribution in [0, 0.1) is 29.1 Å². The predicted molar refractivity (Wildman–Crippen MR) is 215 cm³/mol. The third-order valence-corrected chi connectivity index (χ3v) is 12.3. The summed E-state index contributed by atoms with van der Waals surface area (Å²) in [6.07, 6.45) is 2.68. The fourth-order valence-corrected chi connectivity index (χ4v) is 9.36. The van der Waals surface area contributed by atoms with Gasteiger partial charge in [0.05, 0.1) is 4.88 Å². The summed E-state index contributed by atoms with van der Waals surface area (Å²) in [5, 5.41) is 12.7. The standard InChI is InChI=1S/C45H24F5N3O3S2/c46-34-35(47)37(49)39(38(50)36(34)48)53-44(55)40(41(54)45(53)56)51-23-21-25(22-24-51)32-19-20-33(57-32)43-31-14-8-7-13-30(31)42(58-43)26-15-17-29(18-16-26)52(27-9-3-1-4-10-27)28-11-5-2-6-12-28/h1-24H/p+1. The Morgan fingerprint density at radius 3 is 1.59 bits per heavy atom. The first-order valence-electron chi connectivity index (χ1n) is 17.6. The molecule has 13 heteroatoms. The van der Waals surface area contributed by atoms with Crippen LogP contribution in [0.1, 0.15) is 0 Å². The molecule has 0 radical (unpaired) electrons. The Hall–Kier alpha value is -6.96. The number of rotatable bonds is 8. The molecule has 0 bridgehead atoms. The van der Waals surface area contributed by atoms with E-state index in [4.69, 9.17) is 0 Å². The summed E-state index contributed by atoms with van der Waals surface area (Å²) in [6, 6.07) is 44.2. The highest BCUT2D eigenvalue weighted by Gasteiger charge is 2.49. The molecule has 3 aromatic heterocycles. The number of aliphatic hydroxyl groups is 1. The maximum atomic E-state index is 14.6. The SMILES string of the molecule is O=C1C(O)=C([n+]2ccc(-c3ccc(-c4sc(-c5ccc(N(c6ccccc6)c6ccccc6)cc5)c5ccccc45)s3)cc2)C(=O)N1c1c(F)c(F)c(F)c(F)c1F. The molecule has 284 valence electrons. The first-order chi connectivity index (χ1) is 28.1. The van der Waals surface area contributed by atoms with E-state index < -0.39 is 58.0 Å². The molecule has 8 aromatic rings. The van der Waals surface area contributed by atoms with E-state index >= 15 is 0 Å². The number of amides is 2. The van der Waals surface area contributed by atoms with Gasteiger partial charge in [0.25, 0.3) is 5.76 Å². The lowest BCUT2D eigenvalue weighted by Crippen LogP contribution is -2.40. The van der Waals surface area contributed by atoms with Gasteiger partial charge in [-0.2, -0.15) is 4.57 Å². The molecular weight excluding hydrogens is 790 g/mol. The summed E-state index contributed by atoms with van der Waals surface area (Å²) in [6.45, 7) is 0. The minimum absolute atomic E-state index is 0.272. The van der Waals surface area contributed by atoms with Crippen molar-refractivity contribution < 1.29 is 41.2 Å².